The third-order valence-electron chi connectivity index (χ3n) is 1.25. The van der Waals surface area contributed by atoms with Crippen LogP contribution in [0.15, 0.2) is 0 Å². The van der Waals surface area contributed by atoms with Gasteiger partial charge in [0.2, 0.25) is 3.79 Å². The van der Waals surface area contributed by atoms with E-state index in [1.807, 2.05) is 6.92 Å². The molecule has 0 saturated heterocycles. The average molecular weight is 248 g/mol. The highest BCUT2D eigenvalue weighted by atomic mass is 35.6. The first kappa shape index (κ1) is 13.3. The monoisotopic (exact) mass is 246 g/mol. The van der Waals surface area contributed by atoms with Crippen molar-refractivity contribution in [3.8, 4) is 0 Å². The van der Waals surface area contributed by atoms with E-state index in [-0.39, 0.29) is 5.84 Å². The van der Waals surface area contributed by atoms with Crippen molar-refractivity contribution in [2.45, 2.75) is 17.1 Å². The number of amidine groups is 1. The van der Waals surface area contributed by atoms with Gasteiger partial charge in [0.05, 0.1) is 0 Å². The molecule has 2 N–H and O–H groups in total. The minimum atomic E-state index is -1.65. The second kappa shape index (κ2) is 6.71. The molecule has 0 aromatic rings. The van der Waals surface area contributed by atoms with Crippen LogP contribution < -0.4 is 5.32 Å². The lowest BCUT2D eigenvalue weighted by Gasteiger charge is -2.14. The Kier molecular flexibility index (Phi) is 6.86. The van der Waals surface area contributed by atoms with E-state index in [9.17, 15) is 0 Å². The Bertz CT molecular complexity index is 158. The maximum atomic E-state index is 7.27. The van der Waals surface area contributed by atoms with E-state index in [1.54, 1.807) is 0 Å². The molecular formula is C7H13Cl3N2O. The van der Waals surface area contributed by atoms with E-state index in [0.29, 0.717) is 19.8 Å². The lowest BCUT2D eigenvalue weighted by molar-refractivity contribution is 0.145. The summed E-state index contributed by atoms with van der Waals surface area (Å²) in [7, 11) is 0. The first-order chi connectivity index (χ1) is 5.98. The van der Waals surface area contributed by atoms with Crippen LogP contribution in [0.2, 0.25) is 0 Å². The Labute approximate surface area is 93.2 Å². The Balaban J connectivity index is 3.38. The average Bonchev–Trinajstić information content (AvgIpc) is 2.02. The molecule has 0 saturated carbocycles. The van der Waals surface area contributed by atoms with Crippen molar-refractivity contribution < 1.29 is 4.74 Å². The quantitative estimate of drug-likeness (QED) is 0.339. The normalized spacial score (nSPS) is 11.4. The molecule has 0 bridgehead atoms. The first-order valence-corrected chi connectivity index (χ1v) is 5.09. The fourth-order valence-corrected chi connectivity index (χ4v) is 0.833. The molecule has 0 aromatic heterocycles. The van der Waals surface area contributed by atoms with Gasteiger partial charge in [0.1, 0.15) is 5.84 Å². The fraction of sp³-hybridized carbons (Fsp3) is 0.857. The Morgan fingerprint density at radius 2 is 2.08 bits per heavy atom. The third-order valence-corrected chi connectivity index (χ3v) is 1.82. The predicted octanol–water partition coefficient (Wildman–Crippen LogP) is 2.35. The summed E-state index contributed by atoms with van der Waals surface area (Å²) < 4.78 is 3.44. The smallest absolute Gasteiger partial charge is 0.247 e. The molecule has 0 aliphatic rings. The van der Waals surface area contributed by atoms with Gasteiger partial charge in [-0.2, -0.15) is 0 Å². The second-order valence-corrected chi connectivity index (χ2v) is 4.63. The topological polar surface area (TPSA) is 45.1 Å². The molecule has 0 aromatic carbocycles. The Morgan fingerprint density at radius 3 is 2.54 bits per heavy atom. The molecule has 0 fully saturated rings. The molecule has 13 heavy (non-hydrogen) atoms. The van der Waals surface area contributed by atoms with Crippen molar-refractivity contribution >= 4 is 40.6 Å². The van der Waals surface area contributed by atoms with Crippen LogP contribution in [0.1, 0.15) is 13.3 Å². The zero-order chi connectivity index (χ0) is 10.3. The van der Waals surface area contributed by atoms with Gasteiger partial charge in [0.25, 0.3) is 0 Å². The van der Waals surface area contributed by atoms with Gasteiger partial charge >= 0.3 is 0 Å². The zero-order valence-electron chi connectivity index (χ0n) is 7.37. The van der Waals surface area contributed by atoms with Crippen LogP contribution in [0.4, 0.5) is 0 Å². The van der Waals surface area contributed by atoms with Crippen molar-refractivity contribution in [3.63, 3.8) is 0 Å². The molecule has 0 atom stereocenters. The highest BCUT2D eigenvalue weighted by Gasteiger charge is 2.25. The fourth-order valence-electron chi connectivity index (χ4n) is 0.632. The van der Waals surface area contributed by atoms with Gasteiger partial charge in [-0.15, -0.1) is 0 Å². The molecule has 0 rings (SSSR count). The van der Waals surface area contributed by atoms with Crippen LogP contribution in [0.5, 0.6) is 0 Å². The zero-order valence-corrected chi connectivity index (χ0v) is 9.64. The summed E-state index contributed by atoms with van der Waals surface area (Å²) in [6.07, 6.45) is 0.789. The van der Waals surface area contributed by atoms with E-state index < -0.39 is 3.79 Å². The summed E-state index contributed by atoms with van der Waals surface area (Å²) in [5.41, 5.74) is 0. The molecular weight excluding hydrogens is 234 g/mol. The van der Waals surface area contributed by atoms with E-state index in [2.05, 4.69) is 5.32 Å². The van der Waals surface area contributed by atoms with Crippen molar-refractivity contribution in [1.29, 1.82) is 5.41 Å². The highest BCUT2D eigenvalue weighted by molar-refractivity contribution is 6.76. The largest absolute Gasteiger partial charge is 0.382 e. The van der Waals surface area contributed by atoms with Crippen LogP contribution >= 0.6 is 34.8 Å². The molecule has 0 unspecified atom stereocenters. The van der Waals surface area contributed by atoms with Crippen molar-refractivity contribution in [2.24, 2.45) is 0 Å². The van der Waals surface area contributed by atoms with Gasteiger partial charge in [0.15, 0.2) is 0 Å². The molecule has 0 radical (unpaired) electrons. The van der Waals surface area contributed by atoms with E-state index >= 15 is 0 Å². The Morgan fingerprint density at radius 1 is 1.46 bits per heavy atom. The highest BCUT2D eigenvalue weighted by Crippen LogP contribution is 2.25. The maximum Gasteiger partial charge on any atom is 0.247 e. The van der Waals surface area contributed by atoms with Crippen LogP contribution in [-0.2, 0) is 4.74 Å². The number of halogens is 3. The number of nitrogens with one attached hydrogen (secondary N) is 2. The van der Waals surface area contributed by atoms with Gasteiger partial charge in [-0.3, -0.25) is 5.41 Å². The summed E-state index contributed by atoms with van der Waals surface area (Å²) >= 11 is 16.3. The molecule has 0 amide bonds. The van der Waals surface area contributed by atoms with Gasteiger partial charge in [-0.05, 0) is 13.3 Å². The third kappa shape index (κ3) is 7.38. The van der Waals surface area contributed by atoms with Gasteiger partial charge in [-0.1, -0.05) is 34.8 Å². The van der Waals surface area contributed by atoms with Crippen LogP contribution in [0.25, 0.3) is 0 Å². The lowest BCUT2D eigenvalue weighted by atomic mass is 10.4. The number of alkyl halides is 3. The van der Waals surface area contributed by atoms with E-state index in [4.69, 9.17) is 44.9 Å². The number of rotatable bonds is 5. The van der Waals surface area contributed by atoms with Crippen LogP contribution in [0, 0.1) is 5.41 Å². The molecule has 6 heteroatoms. The maximum absolute atomic E-state index is 7.27. The van der Waals surface area contributed by atoms with Gasteiger partial charge < -0.3 is 10.1 Å². The lowest BCUT2D eigenvalue weighted by Crippen LogP contribution is -2.34. The molecule has 78 valence electrons. The van der Waals surface area contributed by atoms with E-state index in [0.717, 1.165) is 6.42 Å². The summed E-state index contributed by atoms with van der Waals surface area (Å²) in [5.74, 6) is -0.103. The minimum absolute atomic E-state index is 0.103. The standard InChI is InChI=1S/C7H13Cl3N2O/c1-2-13-5-3-4-12-6(11)7(8,9)10/h2-5H2,1H3,(H2,11,12). The molecule has 0 aliphatic carbocycles. The van der Waals surface area contributed by atoms with Crippen molar-refractivity contribution in [1.82, 2.24) is 5.32 Å². The van der Waals surface area contributed by atoms with Crippen molar-refractivity contribution in [3.05, 3.63) is 0 Å². The number of hydrogen-bond donors (Lipinski definition) is 2. The van der Waals surface area contributed by atoms with Gasteiger partial charge in [-0.25, -0.2) is 0 Å². The Hall–Kier alpha value is 0.300. The number of hydrogen-bond acceptors (Lipinski definition) is 2. The summed E-state index contributed by atoms with van der Waals surface area (Å²) in [5, 5.41) is 9.96. The molecule has 3 nitrogen and oxygen atoms in total. The summed E-state index contributed by atoms with van der Waals surface area (Å²) in [4.78, 5) is 0. The van der Waals surface area contributed by atoms with Crippen LogP contribution in [-0.4, -0.2) is 29.4 Å². The molecule has 0 spiro atoms. The number of ether oxygens (including phenoxy) is 1. The summed E-state index contributed by atoms with van der Waals surface area (Å²) in [6.45, 7) is 3.85. The van der Waals surface area contributed by atoms with Gasteiger partial charge in [0, 0.05) is 19.8 Å². The molecule has 0 heterocycles. The van der Waals surface area contributed by atoms with Crippen LogP contribution in [0.3, 0.4) is 0 Å². The van der Waals surface area contributed by atoms with Crippen molar-refractivity contribution in [2.75, 3.05) is 19.8 Å². The molecule has 0 aliphatic heterocycles. The second-order valence-electron chi connectivity index (χ2n) is 2.35. The SMILES string of the molecule is CCOCCCNC(=N)C(Cl)(Cl)Cl. The first-order valence-electron chi connectivity index (χ1n) is 3.95. The summed E-state index contributed by atoms with van der Waals surface area (Å²) in [6, 6.07) is 0. The predicted molar refractivity (Wildman–Crippen MR) is 57.1 cm³/mol. The minimum Gasteiger partial charge on any atom is -0.382 e. The van der Waals surface area contributed by atoms with E-state index in [1.165, 1.54) is 0 Å².